The van der Waals surface area contributed by atoms with Crippen molar-refractivity contribution >= 4 is 29.2 Å². The van der Waals surface area contributed by atoms with Gasteiger partial charge < -0.3 is 10.6 Å². The van der Waals surface area contributed by atoms with E-state index in [-0.39, 0.29) is 23.6 Å². The van der Waals surface area contributed by atoms with Gasteiger partial charge in [0.2, 0.25) is 0 Å². The fraction of sp³-hybridized carbons (Fsp3) is 0.300. The maximum Gasteiger partial charge on any atom is 0.268 e. The number of carbonyl (C=O) groups is 2. The van der Waals surface area contributed by atoms with Crippen molar-refractivity contribution in [2.24, 2.45) is 0 Å². The van der Waals surface area contributed by atoms with E-state index in [1.165, 1.54) is 11.3 Å². The molecule has 2 rings (SSSR count). The highest BCUT2D eigenvalue weighted by atomic mass is 32.1. The number of nitrogens with one attached hydrogen (secondary N) is 2. The molecule has 0 saturated heterocycles. The molecule has 1 aromatic carbocycles. The molecule has 0 bridgehead atoms. The Morgan fingerprint density at radius 1 is 1.20 bits per heavy atom. The van der Waals surface area contributed by atoms with Crippen LogP contribution in [0.25, 0.3) is 6.08 Å². The zero-order valence-electron chi connectivity index (χ0n) is 14.8. The van der Waals surface area contributed by atoms with Gasteiger partial charge in [0.05, 0.1) is 0 Å². The van der Waals surface area contributed by atoms with Crippen LogP contribution in [0, 0.1) is 6.92 Å². The van der Waals surface area contributed by atoms with Gasteiger partial charge in [-0.15, -0.1) is 11.3 Å². The van der Waals surface area contributed by atoms with Crippen LogP contribution in [0.2, 0.25) is 0 Å². The van der Waals surface area contributed by atoms with E-state index < -0.39 is 0 Å². The van der Waals surface area contributed by atoms with Crippen molar-refractivity contribution in [1.29, 1.82) is 0 Å². The summed E-state index contributed by atoms with van der Waals surface area (Å²) in [5.74, 6) is -0.546. The third-order valence-electron chi connectivity index (χ3n) is 3.81. The molecule has 4 nitrogen and oxygen atoms in total. The topological polar surface area (TPSA) is 58.2 Å². The lowest BCUT2D eigenvalue weighted by Crippen LogP contribution is -2.39. The standard InChI is InChI=1S/C20H24N2O2S/c1-4-8-15(3)21-20(24)18(13-16-10-7-12-25-16)22-19(23)17-11-6-5-9-14(17)2/h5-7,9-13,15H,4,8H2,1-3H3,(H,21,24)(H,22,23)/b18-13-. The second-order valence-corrected chi connectivity index (χ2v) is 6.98. The van der Waals surface area contributed by atoms with E-state index in [1.54, 1.807) is 12.1 Å². The number of carbonyl (C=O) groups excluding carboxylic acids is 2. The highest BCUT2D eigenvalue weighted by molar-refractivity contribution is 7.10. The lowest BCUT2D eigenvalue weighted by molar-refractivity contribution is -0.118. The second kappa shape index (κ2) is 9.18. The maximum atomic E-state index is 12.6. The molecular weight excluding hydrogens is 332 g/mol. The number of rotatable bonds is 7. The Labute approximate surface area is 153 Å². The minimum absolute atomic E-state index is 0.0552. The van der Waals surface area contributed by atoms with Gasteiger partial charge in [-0.3, -0.25) is 9.59 Å². The van der Waals surface area contributed by atoms with Gasteiger partial charge >= 0.3 is 0 Å². The summed E-state index contributed by atoms with van der Waals surface area (Å²) >= 11 is 1.52. The molecule has 5 heteroatoms. The van der Waals surface area contributed by atoms with Crippen molar-refractivity contribution in [3.63, 3.8) is 0 Å². The zero-order valence-corrected chi connectivity index (χ0v) is 15.7. The van der Waals surface area contributed by atoms with Gasteiger partial charge in [0, 0.05) is 16.5 Å². The maximum absolute atomic E-state index is 12.6. The van der Waals surface area contributed by atoms with Crippen LogP contribution in [0.1, 0.15) is 47.5 Å². The van der Waals surface area contributed by atoms with Crippen LogP contribution >= 0.6 is 11.3 Å². The predicted molar refractivity (Wildman–Crippen MR) is 103 cm³/mol. The Morgan fingerprint density at radius 3 is 2.60 bits per heavy atom. The molecule has 2 aromatic rings. The summed E-state index contributed by atoms with van der Waals surface area (Å²) in [6, 6.07) is 11.2. The lowest BCUT2D eigenvalue weighted by Gasteiger charge is -2.16. The Bertz CT molecular complexity index is 751. The fourth-order valence-corrected chi connectivity index (χ4v) is 3.16. The van der Waals surface area contributed by atoms with Crippen LogP contribution in [0.4, 0.5) is 0 Å². The normalized spacial score (nSPS) is 12.5. The molecule has 0 spiro atoms. The zero-order chi connectivity index (χ0) is 18.2. The van der Waals surface area contributed by atoms with Crippen molar-refractivity contribution in [3.8, 4) is 0 Å². The summed E-state index contributed by atoms with van der Waals surface area (Å²) in [5.41, 5.74) is 1.70. The van der Waals surface area contributed by atoms with Crippen LogP contribution in [-0.4, -0.2) is 17.9 Å². The van der Waals surface area contributed by atoms with Crippen LogP contribution in [0.5, 0.6) is 0 Å². The predicted octanol–water partition coefficient (Wildman–Crippen LogP) is 4.13. The average molecular weight is 356 g/mol. The van der Waals surface area contributed by atoms with Crippen LogP contribution in [0.3, 0.4) is 0 Å². The third kappa shape index (κ3) is 5.57. The number of hydrogen-bond acceptors (Lipinski definition) is 3. The van der Waals surface area contributed by atoms with Gasteiger partial charge in [0.25, 0.3) is 11.8 Å². The Balaban J connectivity index is 2.22. The molecule has 1 heterocycles. The molecule has 1 unspecified atom stereocenters. The van der Waals surface area contributed by atoms with E-state index in [4.69, 9.17) is 0 Å². The summed E-state index contributed by atoms with van der Waals surface area (Å²) < 4.78 is 0. The summed E-state index contributed by atoms with van der Waals surface area (Å²) in [7, 11) is 0. The smallest absolute Gasteiger partial charge is 0.268 e. The van der Waals surface area contributed by atoms with Gasteiger partial charge in [0.15, 0.2) is 0 Å². The number of thiophene rings is 1. The van der Waals surface area contributed by atoms with Gasteiger partial charge in [0.1, 0.15) is 5.70 Å². The molecule has 0 saturated carbocycles. The number of hydrogen-bond donors (Lipinski definition) is 2. The van der Waals surface area contributed by atoms with E-state index in [9.17, 15) is 9.59 Å². The quantitative estimate of drug-likeness (QED) is 0.733. The highest BCUT2D eigenvalue weighted by Gasteiger charge is 2.17. The molecule has 0 fully saturated rings. The third-order valence-corrected chi connectivity index (χ3v) is 4.63. The first kappa shape index (κ1) is 18.9. The van der Waals surface area contributed by atoms with Crippen molar-refractivity contribution in [1.82, 2.24) is 10.6 Å². The Hall–Kier alpha value is -2.40. The average Bonchev–Trinajstić information content (AvgIpc) is 3.07. The molecule has 132 valence electrons. The van der Waals surface area contributed by atoms with E-state index in [2.05, 4.69) is 17.6 Å². The summed E-state index contributed by atoms with van der Waals surface area (Å²) in [6.45, 7) is 5.92. The molecule has 2 N–H and O–H groups in total. The summed E-state index contributed by atoms with van der Waals surface area (Å²) in [4.78, 5) is 26.1. The van der Waals surface area contributed by atoms with E-state index >= 15 is 0 Å². The minimum atomic E-state index is -0.279. The van der Waals surface area contributed by atoms with Crippen molar-refractivity contribution in [3.05, 3.63) is 63.5 Å². The molecule has 25 heavy (non-hydrogen) atoms. The van der Waals surface area contributed by atoms with Crippen molar-refractivity contribution < 1.29 is 9.59 Å². The molecular formula is C20H24N2O2S. The fourth-order valence-electron chi connectivity index (χ4n) is 2.50. The monoisotopic (exact) mass is 356 g/mol. The Morgan fingerprint density at radius 2 is 1.96 bits per heavy atom. The number of aryl methyl sites for hydroxylation is 1. The molecule has 2 amide bonds. The second-order valence-electron chi connectivity index (χ2n) is 6.01. The Kier molecular flexibility index (Phi) is 6.95. The van der Waals surface area contributed by atoms with E-state index in [0.29, 0.717) is 5.56 Å². The molecule has 0 radical (unpaired) electrons. The first-order chi connectivity index (χ1) is 12.0. The number of benzene rings is 1. The molecule has 1 atom stereocenters. The molecule has 1 aromatic heterocycles. The van der Waals surface area contributed by atoms with Crippen LogP contribution in [-0.2, 0) is 4.79 Å². The van der Waals surface area contributed by atoms with Gasteiger partial charge in [-0.25, -0.2) is 0 Å². The number of amides is 2. The van der Waals surface area contributed by atoms with Gasteiger partial charge in [-0.05, 0) is 49.4 Å². The van der Waals surface area contributed by atoms with Gasteiger partial charge in [-0.1, -0.05) is 37.6 Å². The van der Waals surface area contributed by atoms with E-state index in [1.807, 2.05) is 49.6 Å². The molecule has 0 aliphatic carbocycles. The highest BCUT2D eigenvalue weighted by Crippen LogP contribution is 2.14. The summed E-state index contributed by atoms with van der Waals surface area (Å²) in [5, 5.41) is 7.66. The minimum Gasteiger partial charge on any atom is -0.348 e. The molecule has 0 aliphatic heterocycles. The van der Waals surface area contributed by atoms with Crippen LogP contribution < -0.4 is 10.6 Å². The largest absolute Gasteiger partial charge is 0.348 e. The lowest BCUT2D eigenvalue weighted by atomic mass is 10.1. The van der Waals surface area contributed by atoms with Crippen molar-refractivity contribution in [2.45, 2.75) is 39.7 Å². The molecule has 0 aliphatic rings. The summed E-state index contributed by atoms with van der Waals surface area (Å²) in [6.07, 6.45) is 3.60. The SMILES string of the molecule is CCCC(C)NC(=O)/C(=C/c1cccs1)NC(=O)c1ccccc1C. The first-order valence-electron chi connectivity index (χ1n) is 8.44. The first-order valence-corrected chi connectivity index (χ1v) is 9.32. The van der Waals surface area contributed by atoms with E-state index in [0.717, 1.165) is 23.3 Å². The van der Waals surface area contributed by atoms with Crippen molar-refractivity contribution in [2.75, 3.05) is 0 Å². The van der Waals surface area contributed by atoms with Crippen LogP contribution in [0.15, 0.2) is 47.5 Å². The van der Waals surface area contributed by atoms with Gasteiger partial charge in [-0.2, -0.15) is 0 Å².